The Morgan fingerprint density at radius 1 is 0.792 bits per heavy atom. The largest absolute Gasteiger partial charge is 0.334 e. The normalized spacial score (nSPS) is 21.6. The van der Waals surface area contributed by atoms with Gasteiger partial charge >= 0.3 is 18.1 Å². The zero-order valence-electron chi connectivity index (χ0n) is 15.8. The third kappa shape index (κ3) is 5.47. The van der Waals surface area contributed by atoms with Gasteiger partial charge in [0.25, 0.3) is 0 Å². The van der Waals surface area contributed by atoms with Gasteiger partial charge in [-0.1, -0.05) is 0 Å². The summed E-state index contributed by atoms with van der Waals surface area (Å²) in [6.07, 6.45) is -1.37. The van der Waals surface area contributed by atoms with E-state index in [4.69, 9.17) is 0 Å². The van der Waals surface area contributed by atoms with E-state index in [1.54, 1.807) is 14.1 Å². The standard InChI is InChI=1S/C15H30N6O3/c1-14(2,3)18-11(22)16-9-10(21(8)13(24)20(9)7)17-12(23)19-15(4,5)6/h9-10H,1-8H3,(H2,16,18,22)(H2,17,19,23)/t9-,10+. The molecule has 4 N–H and O–H groups in total. The predicted molar refractivity (Wildman–Crippen MR) is 91.3 cm³/mol. The zero-order chi connectivity index (χ0) is 18.9. The molecular formula is C15H30N6O3. The smallest absolute Gasteiger partial charge is 0.323 e. The Balaban J connectivity index is 2.84. The van der Waals surface area contributed by atoms with Gasteiger partial charge < -0.3 is 31.1 Å². The third-order valence-corrected chi connectivity index (χ3v) is 3.27. The number of rotatable bonds is 2. The molecule has 0 saturated carbocycles. The highest BCUT2D eigenvalue weighted by atomic mass is 16.2. The van der Waals surface area contributed by atoms with Gasteiger partial charge in [0.1, 0.15) is 12.3 Å². The Bertz CT molecular complexity index is 464. The molecule has 1 saturated heterocycles. The number of carbonyl (C=O) groups is 3. The third-order valence-electron chi connectivity index (χ3n) is 3.27. The second-order valence-electron chi connectivity index (χ2n) is 8.09. The van der Waals surface area contributed by atoms with Gasteiger partial charge in [0, 0.05) is 25.2 Å². The number of nitrogens with zero attached hydrogens (tertiary/aromatic N) is 2. The van der Waals surface area contributed by atoms with Gasteiger partial charge in [-0.05, 0) is 41.5 Å². The number of likely N-dealkylation sites (N-methyl/N-ethyl adjacent to an activating group) is 2. The zero-order valence-corrected chi connectivity index (χ0v) is 15.8. The summed E-state index contributed by atoms with van der Waals surface area (Å²) < 4.78 is 0. The van der Waals surface area contributed by atoms with Crippen LogP contribution in [-0.4, -0.2) is 65.4 Å². The van der Waals surface area contributed by atoms with Gasteiger partial charge in [-0.3, -0.25) is 0 Å². The Morgan fingerprint density at radius 3 is 1.33 bits per heavy atom. The molecule has 2 atom stereocenters. The van der Waals surface area contributed by atoms with Crippen molar-refractivity contribution in [2.24, 2.45) is 0 Å². The monoisotopic (exact) mass is 342 g/mol. The second-order valence-corrected chi connectivity index (χ2v) is 8.09. The first-order valence-electron chi connectivity index (χ1n) is 7.88. The van der Waals surface area contributed by atoms with E-state index in [0.29, 0.717) is 0 Å². The number of urea groups is 3. The summed E-state index contributed by atoms with van der Waals surface area (Å²) in [4.78, 5) is 39.2. The van der Waals surface area contributed by atoms with Crippen LogP contribution in [0.4, 0.5) is 14.4 Å². The van der Waals surface area contributed by atoms with Crippen LogP contribution in [0.3, 0.4) is 0 Å². The lowest BCUT2D eigenvalue weighted by Crippen LogP contribution is -2.61. The number of carbonyl (C=O) groups excluding carboxylic acids is 3. The molecule has 1 heterocycles. The van der Waals surface area contributed by atoms with E-state index >= 15 is 0 Å². The molecule has 0 radical (unpaired) electrons. The molecule has 1 aliphatic rings. The molecule has 0 aromatic heterocycles. The number of nitrogens with one attached hydrogen (secondary N) is 4. The van der Waals surface area contributed by atoms with Crippen LogP contribution in [0.5, 0.6) is 0 Å². The molecule has 9 nitrogen and oxygen atoms in total. The van der Waals surface area contributed by atoms with Gasteiger partial charge in [0.2, 0.25) is 0 Å². The maximum absolute atomic E-state index is 12.2. The molecule has 9 heteroatoms. The van der Waals surface area contributed by atoms with Crippen molar-refractivity contribution in [3.63, 3.8) is 0 Å². The highest BCUT2D eigenvalue weighted by Crippen LogP contribution is 2.16. The fraction of sp³-hybridized carbons (Fsp3) is 0.800. The molecule has 0 aliphatic carbocycles. The van der Waals surface area contributed by atoms with E-state index in [0.717, 1.165) is 0 Å². The molecular weight excluding hydrogens is 312 g/mol. The van der Waals surface area contributed by atoms with E-state index in [9.17, 15) is 14.4 Å². The highest BCUT2D eigenvalue weighted by Gasteiger charge is 2.44. The Hall–Kier alpha value is -2.19. The average molecular weight is 342 g/mol. The first-order valence-corrected chi connectivity index (χ1v) is 7.88. The molecule has 0 aromatic rings. The van der Waals surface area contributed by atoms with Crippen molar-refractivity contribution in [3.8, 4) is 0 Å². The molecule has 1 rings (SSSR count). The summed E-state index contributed by atoms with van der Waals surface area (Å²) in [6, 6.07) is -1.12. The van der Waals surface area contributed by atoms with Crippen molar-refractivity contribution in [1.82, 2.24) is 31.1 Å². The minimum absolute atomic E-state index is 0.294. The summed E-state index contributed by atoms with van der Waals surface area (Å²) in [6.45, 7) is 11.1. The molecule has 24 heavy (non-hydrogen) atoms. The Labute approximate surface area is 143 Å². The molecule has 0 bridgehead atoms. The van der Waals surface area contributed by atoms with Gasteiger partial charge in [-0.2, -0.15) is 0 Å². The molecule has 1 aliphatic heterocycles. The first-order chi connectivity index (χ1) is 10.7. The fourth-order valence-corrected chi connectivity index (χ4v) is 2.28. The number of hydrogen-bond acceptors (Lipinski definition) is 3. The lowest BCUT2D eigenvalue weighted by atomic mass is 10.1. The quantitative estimate of drug-likeness (QED) is 0.597. The maximum atomic E-state index is 12.2. The highest BCUT2D eigenvalue weighted by molar-refractivity contribution is 5.82. The summed E-state index contributed by atoms with van der Waals surface area (Å²) in [5.41, 5.74) is -0.826. The van der Waals surface area contributed by atoms with Crippen molar-refractivity contribution in [1.29, 1.82) is 0 Å². The van der Waals surface area contributed by atoms with Crippen LogP contribution in [0.25, 0.3) is 0 Å². The van der Waals surface area contributed by atoms with Gasteiger partial charge in [-0.15, -0.1) is 0 Å². The number of hydrogen-bond donors (Lipinski definition) is 4. The second kappa shape index (κ2) is 6.74. The molecule has 6 amide bonds. The van der Waals surface area contributed by atoms with Gasteiger partial charge in [0.15, 0.2) is 0 Å². The minimum Gasteiger partial charge on any atom is -0.334 e. The first kappa shape index (κ1) is 19.9. The van der Waals surface area contributed by atoms with Crippen LogP contribution >= 0.6 is 0 Å². The molecule has 138 valence electrons. The van der Waals surface area contributed by atoms with Gasteiger partial charge in [-0.25, -0.2) is 14.4 Å². The van der Waals surface area contributed by atoms with Crippen molar-refractivity contribution < 1.29 is 14.4 Å². The Kier molecular flexibility index (Phi) is 5.58. The number of amides is 6. The SMILES string of the molecule is CN1C(=O)N(C)[C@@H](NC(=O)NC(C)(C)C)[C@H]1NC(=O)NC(C)(C)C. The van der Waals surface area contributed by atoms with E-state index in [1.807, 2.05) is 41.5 Å². The minimum atomic E-state index is -0.685. The molecule has 0 unspecified atom stereocenters. The van der Waals surface area contributed by atoms with Crippen LogP contribution in [0.2, 0.25) is 0 Å². The topological polar surface area (TPSA) is 106 Å². The van der Waals surface area contributed by atoms with Crippen molar-refractivity contribution >= 4 is 18.1 Å². The Morgan fingerprint density at radius 2 is 1.08 bits per heavy atom. The van der Waals surface area contributed by atoms with Crippen molar-refractivity contribution in [2.75, 3.05) is 14.1 Å². The lowest BCUT2D eigenvalue weighted by Gasteiger charge is -2.30. The van der Waals surface area contributed by atoms with Crippen molar-refractivity contribution in [2.45, 2.75) is 65.0 Å². The summed E-state index contributed by atoms with van der Waals surface area (Å²) in [5.74, 6) is 0. The molecule has 0 spiro atoms. The van der Waals surface area contributed by atoms with Crippen LogP contribution in [-0.2, 0) is 0 Å². The fourth-order valence-electron chi connectivity index (χ4n) is 2.28. The predicted octanol–water partition coefficient (Wildman–Crippen LogP) is 0.831. The molecule has 0 aromatic carbocycles. The van der Waals surface area contributed by atoms with E-state index in [1.165, 1.54) is 9.80 Å². The van der Waals surface area contributed by atoms with Crippen molar-refractivity contribution in [3.05, 3.63) is 0 Å². The van der Waals surface area contributed by atoms with Crippen LogP contribution in [0.1, 0.15) is 41.5 Å². The van der Waals surface area contributed by atoms with Crippen LogP contribution < -0.4 is 21.3 Å². The summed E-state index contributed by atoms with van der Waals surface area (Å²) in [7, 11) is 3.15. The summed E-state index contributed by atoms with van der Waals surface area (Å²) in [5, 5.41) is 11.0. The lowest BCUT2D eigenvalue weighted by molar-refractivity contribution is 0.186. The molecule has 1 fully saturated rings. The average Bonchev–Trinajstić information content (AvgIpc) is 2.52. The summed E-state index contributed by atoms with van der Waals surface area (Å²) >= 11 is 0. The van der Waals surface area contributed by atoms with E-state index in [2.05, 4.69) is 21.3 Å². The van der Waals surface area contributed by atoms with E-state index in [-0.39, 0.29) is 6.03 Å². The van der Waals surface area contributed by atoms with Crippen LogP contribution in [0.15, 0.2) is 0 Å². The van der Waals surface area contributed by atoms with Crippen LogP contribution in [0, 0.1) is 0 Å². The maximum Gasteiger partial charge on any atom is 0.323 e. The van der Waals surface area contributed by atoms with Gasteiger partial charge in [0.05, 0.1) is 0 Å². The van der Waals surface area contributed by atoms with E-state index < -0.39 is 35.5 Å².